The van der Waals surface area contributed by atoms with Crippen LogP contribution in [0.2, 0.25) is 0 Å². The number of aromatic nitrogens is 3. The largest absolute Gasteiger partial charge is 0.303 e. The zero-order chi connectivity index (χ0) is 18.1. The fraction of sp³-hybridized carbons (Fsp3) is 0.353. The number of aliphatic imine (C=N–C) groups is 1. The molecule has 1 aromatic heterocycles. The Bertz CT molecular complexity index is 940. The molecule has 4 heterocycles. The Morgan fingerprint density at radius 3 is 2.77 bits per heavy atom. The summed E-state index contributed by atoms with van der Waals surface area (Å²) >= 11 is 0. The average Bonchev–Trinajstić information content (AvgIpc) is 3.30. The van der Waals surface area contributed by atoms with Gasteiger partial charge in [0, 0.05) is 11.0 Å². The molecule has 5 rings (SSSR count). The second-order valence-electron chi connectivity index (χ2n) is 7.54. The Morgan fingerprint density at radius 1 is 1.15 bits per heavy atom. The monoisotopic (exact) mass is 354 g/mol. The number of fused-ring (bicyclic) bond motifs is 6. The molecular formula is C17H19FN8. The predicted octanol–water partition coefficient (Wildman–Crippen LogP) is 1.93. The van der Waals surface area contributed by atoms with E-state index in [1.165, 1.54) is 6.20 Å². The number of rotatable bonds is 1. The summed E-state index contributed by atoms with van der Waals surface area (Å²) in [7, 11) is 0. The SMILES string of the molecule is CC(C)(C)c1cnnn1N1CN=C2c3ccccc3N3CN(F)C=C3N21. The Morgan fingerprint density at radius 2 is 1.96 bits per heavy atom. The second-order valence-corrected chi connectivity index (χ2v) is 7.54. The van der Waals surface area contributed by atoms with Gasteiger partial charge in [-0.1, -0.05) is 37.4 Å². The molecule has 0 saturated heterocycles. The summed E-state index contributed by atoms with van der Waals surface area (Å²) in [5.41, 5.74) is 2.73. The molecule has 26 heavy (non-hydrogen) atoms. The minimum Gasteiger partial charge on any atom is -0.303 e. The number of anilines is 1. The summed E-state index contributed by atoms with van der Waals surface area (Å²) < 4.78 is 14.1. The molecule has 9 heteroatoms. The number of hydrogen-bond donors (Lipinski definition) is 0. The van der Waals surface area contributed by atoms with Crippen molar-refractivity contribution < 1.29 is 4.48 Å². The lowest BCUT2D eigenvalue weighted by molar-refractivity contribution is 0.104. The first-order valence-electron chi connectivity index (χ1n) is 8.50. The zero-order valence-corrected chi connectivity index (χ0v) is 14.8. The van der Waals surface area contributed by atoms with Crippen LogP contribution >= 0.6 is 0 Å². The summed E-state index contributed by atoms with van der Waals surface area (Å²) in [6, 6.07) is 7.92. The number of hydrogen-bond acceptors (Lipinski definition) is 7. The van der Waals surface area contributed by atoms with Crippen LogP contribution in [0.15, 0.2) is 47.5 Å². The first-order chi connectivity index (χ1) is 12.4. The number of halogens is 1. The smallest absolute Gasteiger partial charge is 0.162 e. The molecule has 3 aliphatic heterocycles. The van der Waals surface area contributed by atoms with Gasteiger partial charge >= 0.3 is 0 Å². The predicted molar refractivity (Wildman–Crippen MR) is 95.0 cm³/mol. The van der Waals surface area contributed by atoms with Gasteiger partial charge < -0.3 is 4.90 Å². The van der Waals surface area contributed by atoms with Gasteiger partial charge in [0.25, 0.3) is 0 Å². The summed E-state index contributed by atoms with van der Waals surface area (Å²) in [6.07, 6.45) is 3.25. The van der Waals surface area contributed by atoms with E-state index >= 15 is 0 Å². The average molecular weight is 354 g/mol. The molecule has 8 nitrogen and oxygen atoms in total. The minimum absolute atomic E-state index is 0.143. The quantitative estimate of drug-likeness (QED) is 0.730. The summed E-state index contributed by atoms with van der Waals surface area (Å²) in [5.74, 6) is 1.49. The van der Waals surface area contributed by atoms with E-state index in [1.807, 2.05) is 39.3 Å². The highest BCUT2D eigenvalue weighted by Gasteiger charge is 2.43. The summed E-state index contributed by atoms with van der Waals surface area (Å²) in [4.78, 5) is 8.40. The first-order valence-corrected chi connectivity index (χ1v) is 8.50. The van der Waals surface area contributed by atoms with E-state index in [4.69, 9.17) is 4.99 Å². The number of nitrogens with zero attached hydrogens (tertiary/aromatic N) is 8. The van der Waals surface area contributed by atoms with Crippen molar-refractivity contribution in [3.8, 4) is 0 Å². The molecule has 0 radical (unpaired) electrons. The van der Waals surface area contributed by atoms with Gasteiger partial charge in [-0.05, 0) is 17.3 Å². The third kappa shape index (κ3) is 1.97. The molecule has 2 aromatic rings. The van der Waals surface area contributed by atoms with Crippen LogP contribution in [0.5, 0.6) is 0 Å². The van der Waals surface area contributed by atoms with Gasteiger partial charge in [0.05, 0.1) is 23.8 Å². The molecule has 1 aromatic carbocycles. The zero-order valence-electron chi connectivity index (χ0n) is 14.8. The van der Waals surface area contributed by atoms with Gasteiger partial charge in [-0.25, -0.2) is 4.99 Å². The van der Waals surface area contributed by atoms with Crippen molar-refractivity contribution in [1.29, 1.82) is 0 Å². The maximum absolute atomic E-state index is 14.1. The number of hydrazine groups is 1. The molecule has 0 fully saturated rings. The van der Waals surface area contributed by atoms with Crippen molar-refractivity contribution in [2.24, 2.45) is 4.99 Å². The molecule has 0 amide bonds. The maximum atomic E-state index is 14.1. The van der Waals surface area contributed by atoms with Gasteiger partial charge in [0.1, 0.15) is 6.67 Å². The molecule has 3 aliphatic rings. The Kier molecular flexibility index (Phi) is 2.90. The normalized spacial score (nSPS) is 18.6. The van der Waals surface area contributed by atoms with E-state index < -0.39 is 0 Å². The lowest BCUT2D eigenvalue weighted by Crippen LogP contribution is -2.54. The van der Waals surface area contributed by atoms with Crippen molar-refractivity contribution in [2.45, 2.75) is 26.2 Å². The Balaban J connectivity index is 1.65. The maximum Gasteiger partial charge on any atom is 0.162 e. The lowest BCUT2D eigenvalue weighted by Gasteiger charge is -2.40. The van der Waals surface area contributed by atoms with E-state index in [9.17, 15) is 4.48 Å². The molecule has 0 aliphatic carbocycles. The Labute approximate surface area is 150 Å². The van der Waals surface area contributed by atoms with Crippen LogP contribution in [0, 0.1) is 0 Å². The van der Waals surface area contributed by atoms with Crippen LogP contribution in [0.3, 0.4) is 0 Å². The van der Waals surface area contributed by atoms with Crippen LogP contribution in [0.25, 0.3) is 0 Å². The van der Waals surface area contributed by atoms with Gasteiger partial charge in [-0.2, -0.15) is 15.2 Å². The number of benzene rings is 1. The van der Waals surface area contributed by atoms with Crippen LogP contribution in [-0.2, 0) is 5.41 Å². The number of amidine groups is 1. The van der Waals surface area contributed by atoms with E-state index in [-0.39, 0.29) is 12.1 Å². The first kappa shape index (κ1) is 15.2. The second kappa shape index (κ2) is 4.96. The van der Waals surface area contributed by atoms with Crippen molar-refractivity contribution in [3.05, 3.63) is 53.7 Å². The highest BCUT2D eigenvalue weighted by Crippen LogP contribution is 2.39. The van der Waals surface area contributed by atoms with E-state index in [0.717, 1.165) is 22.8 Å². The van der Waals surface area contributed by atoms with Crippen molar-refractivity contribution in [2.75, 3.05) is 23.4 Å². The third-order valence-electron chi connectivity index (χ3n) is 4.76. The topological polar surface area (TPSA) is 56.0 Å². The molecule has 0 unspecified atom stereocenters. The van der Waals surface area contributed by atoms with Crippen LogP contribution in [0.1, 0.15) is 32.0 Å². The van der Waals surface area contributed by atoms with Crippen molar-refractivity contribution in [3.63, 3.8) is 0 Å². The Hall–Kier alpha value is -3.10. The fourth-order valence-electron chi connectivity index (χ4n) is 3.54. The minimum atomic E-state index is -0.143. The molecule has 0 spiro atoms. The van der Waals surface area contributed by atoms with Gasteiger partial charge in [0.2, 0.25) is 0 Å². The molecule has 0 saturated carbocycles. The summed E-state index contributed by atoms with van der Waals surface area (Å²) in [5, 5.41) is 12.8. The molecule has 0 bridgehead atoms. The van der Waals surface area contributed by atoms with Gasteiger partial charge in [-0.15, -0.1) is 9.89 Å². The number of para-hydroxylation sites is 1. The molecule has 0 atom stereocenters. The van der Waals surface area contributed by atoms with Crippen molar-refractivity contribution in [1.82, 2.24) is 25.2 Å². The van der Waals surface area contributed by atoms with Crippen LogP contribution in [0.4, 0.5) is 10.2 Å². The van der Waals surface area contributed by atoms with E-state index in [0.29, 0.717) is 17.6 Å². The third-order valence-corrected chi connectivity index (χ3v) is 4.76. The molecule has 0 N–H and O–H groups in total. The highest BCUT2D eigenvalue weighted by atomic mass is 19.2. The molecule has 134 valence electrons. The standard InChI is InChI=1S/C17H19FN8/c1-17(2,3)14-8-20-21-26(14)24-10-19-16-12-6-4-5-7-13(12)23-11-22(18)9-15(23)25(16)24/h4-9H,10-11H2,1-3H3. The highest BCUT2D eigenvalue weighted by molar-refractivity contribution is 6.08. The fourth-order valence-corrected chi connectivity index (χ4v) is 3.54. The van der Waals surface area contributed by atoms with Gasteiger partial charge in [-0.3, -0.25) is 0 Å². The van der Waals surface area contributed by atoms with Crippen molar-refractivity contribution >= 4 is 11.5 Å². The van der Waals surface area contributed by atoms with Crippen LogP contribution < -0.4 is 10.0 Å². The van der Waals surface area contributed by atoms with Crippen LogP contribution in [-0.4, -0.2) is 44.4 Å². The van der Waals surface area contributed by atoms with E-state index in [1.54, 1.807) is 11.0 Å². The molecular weight excluding hydrogens is 335 g/mol. The lowest BCUT2D eigenvalue weighted by atomic mass is 9.93. The van der Waals surface area contributed by atoms with Gasteiger partial charge in [0.15, 0.2) is 18.3 Å². The van der Waals surface area contributed by atoms with E-state index in [2.05, 4.69) is 31.1 Å². The summed E-state index contributed by atoms with van der Waals surface area (Å²) in [6.45, 7) is 6.85.